The summed E-state index contributed by atoms with van der Waals surface area (Å²) in [6.45, 7) is 9.23. The first kappa shape index (κ1) is 40.0. The molecular formula is C42H51N5O9. The molecule has 1 aliphatic carbocycles. The van der Waals surface area contributed by atoms with Gasteiger partial charge in [0.2, 0.25) is 11.8 Å². The third-order valence-electron chi connectivity index (χ3n) is 10.3. The lowest BCUT2D eigenvalue weighted by atomic mass is 10.0. The first-order chi connectivity index (χ1) is 26.8. The first-order valence-electron chi connectivity index (χ1n) is 19.3. The number of pyridine rings is 1. The van der Waals surface area contributed by atoms with Gasteiger partial charge in [-0.3, -0.25) is 9.59 Å². The minimum absolute atomic E-state index is 0.0323. The molecule has 0 unspecified atom stereocenters. The molecule has 3 aliphatic rings. The van der Waals surface area contributed by atoms with Crippen LogP contribution >= 0.6 is 0 Å². The van der Waals surface area contributed by atoms with Crippen LogP contribution in [-0.4, -0.2) is 94.0 Å². The van der Waals surface area contributed by atoms with Gasteiger partial charge in [-0.05, 0) is 83.4 Å². The number of cyclic esters (lactones) is 1. The van der Waals surface area contributed by atoms with Gasteiger partial charge in [0.15, 0.2) is 0 Å². The van der Waals surface area contributed by atoms with Crippen LogP contribution in [0.15, 0.2) is 67.3 Å². The number of amides is 4. The summed E-state index contributed by atoms with van der Waals surface area (Å²) in [5.41, 5.74) is 1.16. The molecule has 2 fully saturated rings. The third-order valence-corrected chi connectivity index (χ3v) is 10.3. The molecule has 5 atom stereocenters. The third kappa shape index (κ3) is 9.58. The van der Waals surface area contributed by atoms with Crippen molar-refractivity contribution < 1.29 is 43.3 Å². The Morgan fingerprint density at radius 1 is 1.11 bits per heavy atom. The number of hydrogen-bond donors (Lipinski definition) is 4. The minimum atomic E-state index is -1.53. The van der Waals surface area contributed by atoms with Crippen molar-refractivity contribution in [1.29, 1.82) is 0 Å². The van der Waals surface area contributed by atoms with Crippen molar-refractivity contribution in [3.05, 3.63) is 72.8 Å². The number of hydrogen-bond acceptors (Lipinski definition) is 9. The lowest BCUT2D eigenvalue weighted by Crippen LogP contribution is -2.56. The van der Waals surface area contributed by atoms with Crippen LogP contribution in [0, 0.1) is 5.92 Å². The van der Waals surface area contributed by atoms with Crippen molar-refractivity contribution in [2.45, 2.75) is 101 Å². The van der Waals surface area contributed by atoms with Crippen LogP contribution in [-0.2, 0) is 30.3 Å². The molecule has 0 spiro atoms. The molecule has 14 nitrogen and oxygen atoms in total. The van der Waals surface area contributed by atoms with E-state index in [1.807, 2.05) is 48.5 Å². The maximum atomic E-state index is 14.5. The molecule has 0 radical (unpaired) electrons. The molecule has 3 heterocycles. The number of aryl methyl sites for hydroxylation is 1. The van der Waals surface area contributed by atoms with E-state index in [0.717, 1.165) is 41.3 Å². The van der Waals surface area contributed by atoms with Gasteiger partial charge in [-0.1, -0.05) is 42.5 Å². The summed E-state index contributed by atoms with van der Waals surface area (Å²) in [4.78, 5) is 72.7. The van der Waals surface area contributed by atoms with Gasteiger partial charge in [0.05, 0.1) is 24.4 Å². The Hall–Kier alpha value is -5.66. The van der Waals surface area contributed by atoms with Gasteiger partial charge in [0.1, 0.15) is 35.1 Å². The number of rotatable bonds is 9. The number of alkyl carbamates (subject to hydrolysis) is 2. The maximum absolute atomic E-state index is 14.5. The van der Waals surface area contributed by atoms with E-state index in [-0.39, 0.29) is 45.4 Å². The summed E-state index contributed by atoms with van der Waals surface area (Å²) in [6.07, 6.45) is 3.05. The van der Waals surface area contributed by atoms with E-state index in [0.29, 0.717) is 17.9 Å². The van der Waals surface area contributed by atoms with E-state index < -0.39 is 65.2 Å². The van der Waals surface area contributed by atoms with Crippen LogP contribution in [0.5, 0.6) is 5.75 Å². The van der Waals surface area contributed by atoms with Crippen molar-refractivity contribution in [2.75, 3.05) is 19.7 Å². The molecule has 298 valence electrons. The van der Waals surface area contributed by atoms with E-state index in [4.69, 9.17) is 19.2 Å². The number of aliphatic carboxylic acids is 1. The molecule has 1 aromatic heterocycles. The molecule has 2 aromatic carbocycles. The van der Waals surface area contributed by atoms with E-state index in [9.17, 15) is 29.1 Å². The van der Waals surface area contributed by atoms with Gasteiger partial charge < -0.3 is 40.2 Å². The molecule has 56 heavy (non-hydrogen) atoms. The molecule has 4 amide bonds. The summed E-state index contributed by atoms with van der Waals surface area (Å²) in [5.74, 6) is -2.35. The molecule has 14 heteroatoms. The normalized spacial score (nSPS) is 24.2. The van der Waals surface area contributed by atoms with Crippen LogP contribution in [0.4, 0.5) is 9.59 Å². The second kappa shape index (κ2) is 17.0. The maximum Gasteiger partial charge on any atom is 0.407 e. The Kier molecular flexibility index (Phi) is 12.2. The number of carboxylic acids is 1. The minimum Gasteiger partial charge on any atom is -0.488 e. The van der Waals surface area contributed by atoms with E-state index in [2.05, 4.69) is 28.6 Å². The van der Waals surface area contributed by atoms with Gasteiger partial charge in [-0.25, -0.2) is 19.4 Å². The predicted molar refractivity (Wildman–Crippen MR) is 208 cm³/mol. The number of carbonyl (C=O) groups is 5. The Morgan fingerprint density at radius 2 is 1.89 bits per heavy atom. The van der Waals surface area contributed by atoms with E-state index >= 15 is 0 Å². The van der Waals surface area contributed by atoms with Crippen molar-refractivity contribution in [1.82, 2.24) is 25.8 Å². The first-order valence-corrected chi connectivity index (χ1v) is 19.3. The zero-order valence-electron chi connectivity index (χ0n) is 32.2. The summed E-state index contributed by atoms with van der Waals surface area (Å²) >= 11 is 0. The molecule has 1 saturated carbocycles. The number of ether oxygens (including phenoxy) is 3. The molecule has 1 saturated heterocycles. The molecule has 2 aliphatic heterocycles. The van der Waals surface area contributed by atoms with Crippen molar-refractivity contribution >= 4 is 40.9 Å². The lowest BCUT2D eigenvalue weighted by molar-refractivity contribution is -0.145. The molecule has 4 N–H and O–H groups in total. The topological polar surface area (TPSA) is 185 Å². The van der Waals surface area contributed by atoms with Crippen molar-refractivity contribution in [3.63, 3.8) is 0 Å². The van der Waals surface area contributed by atoms with Crippen molar-refractivity contribution in [2.24, 2.45) is 5.92 Å². The number of carboxylic acid groups (broad SMARTS) is 1. The number of nitrogens with zero attached hydrogens (tertiary/aromatic N) is 2. The Bertz CT molecular complexity index is 1960. The van der Waals surface area contributed by atoms with Crippen molar-refractivity contribution in [3.8, 4) is 17.0 Å². The van der Waals surface area contributed by atoms with E-state index in [1.165, 1.54) is 11.0 Å². The Morgan fingerprint density at radius 3 is 2.61 bits per heavy atom. The summed E-state index contributed by atoms with van der Waals surface area (Å²) in [5, 5.41) is 19.0. The van der Waals surface area contributed by atoms with Crippen LogP contribution in [0.2, 0.25) is 0 Å². The Labute approximate surface area is 326 Å². The fourth-order valence-corrected chi connectivity index (χ4v) is 7.35. The summed E-state index contributed by atoms with van der Waals surface area (Å²) in [6, 6.07) is 15.4. The zero-order valence-corrected chi connectivity index (χ0v) is 32.2. The average Bonchev–Trinajstić information content (AvgIpc) is 3.72. The molecule has 4 bridgehead atoms. The predicted octanol–water partition coefficient (Wildman–Crippen LogP) is 5.52. The lowest BCUT2D eigenvalue weighted by Gasteiger charge is -2.29. The summed E-state index contributed by atoms with van der Waals surface area (Å²) in [7, 11) is 0. The largest absolute Gasteiger partial charge is 0.488 e. The van der Waals surface area contributed by atoms with Crippen LogP contribution in [0.1, 0.15) is 71.3 Å². The number of aromatic nitrogens is 1. The SMILES string of the molecule is C=C[C@H]1C[C@]1(NC(=O)[C@@H]1C[C@@H]2CN1C(=O)[C@H](CCCNC(=O)OC(C)(C)C)NC(=O)OCCCCCc1ccc3nc(-c4ccccc4)cc(c3c1)O2)C(=O)O. The molecule has 6 rings (SSSR count). The standard InChI is InChI=1S/C42H51N5O9/c1-5-28-24-42(28,38(50)51)46-36(48)34-22-29-25-47(34)37(49)32(16-12-19-43-39(52)56-41(2,3)4)45-40(53)54-20-11-7-8-13-26-17-18-31-30(21-26)35(55-29)23-33(44-31)27-14-9-6-10-15-27/h5-6,9-10,14-15,17-18,21,23,28-29,32,34H,1,7-8,11-13,16,19-20,22,24-25H2,2-4H3,(H,43,52)(H,45,53)(H,46,48)(H,50,51)/t28-,29+,32-,34-,42+/m0/s1. The fraction of sp³-hybridized carbons (Fsp3) is 0.476. The highest BCUT2D eigenvalue weighted by Gasteiger charge is 2.61. The fourth-order valence-electron chi connectivity index (χ4n) is 7.35. The highest BCUT2D eigenvalue weighted by molar-refractivity contribution is 5.96. The Balaban J connectivity index is 1.33. The molecule has 3 aromatic rings. The zero-order chi connectivity index (χ0) is 40.0. The second-order valence-electron chi connectivity index (χ2n) is 15.7. The van der Waals surface area contributed by atoms with Crippen LogP contribution < -0.4 is 20.7 Å². The van der Waals surface area contributed by atoms with Gasteiger partial charge in [0.25, 0.3) is 0 Å². The van der Waals surface area contributed by atoms with Gasteiger partial charge in [-0.2, -0.15) is 0 Å². The highest BCUT2D eigenvalue weighted by Crippen LogP contribution is 2.45. The number of carbonyl (C=O) groups excluding carboxylic acids is 4. The van der Waals surface area contributed by atoms with Crippen LogP contribution in [0.25, 0.3) is 22.2 Å². The smallest absolute Gasteiger partial charge is 0.407 e. The highest BCUT2D eigenvalue weighted by atomic mass is 16.6. The number of nitrogens with one attached hydrogen (secondary N) is 3. The van der Waals surface area contributed by atoms with Gasteiger partial charge in [-0.15, -0.1) is 6.58 Å². The number of benzene rings is 2. The summed E-state index contributed by atoms with van der Waals surface area (Å²) < 4.78 is 17.5. The molecular weight excluding hydrogens is 718 g/mol. The second-order valence-corrected chi connectivity index (χ2v) is 15.7. The number of fused-ring (bicyclic) bond motifs is 3. The average molecular weight is 770 g/mol. The van der Waals surface area contributed by atoms with Gasteiger partial charge in [0, 0.05) is 35.9 Å². The quantitative estimate of drug-likeness (QED) is 0.160. The van der Waals surface area contributed by atoms with Crippen LogP contribution in [0.3, 0.4) is 0 Å². The van der Waals surface area contributed by atoms with Gasteiger partial charge >= 0.3 is 18.2 Å². The monoisotopic (exact) mass is 769 g/mol. The van der Waals surface area contributed by atoms with E-state index in [1.54, 1.807) is 20.8 Å².